The van der Waals surface area contributed by atoms with Crippen LogP contribution in [0.1, 0.15) is 5.56 Å². The zero-order chi connectivity index (χ0) is 10.7. The predicted octanol–water partition coefficient (Wildman–Crippen LogP) is 0.202. The molecule has 0 amide bonds. The van der Waals surface area contributed by atoms with Crippen molar-refractivity contribution in [1.29, 1.82) is 5.41 Å². The summed E-state index contributed by atoms with van der Waals surface area (Å²) < 4.78 is 5.26. The molecule has 3 N–H and O–H groups in total. The number of ether oxygens (including phenoxy) is 1. The first-order chi connectivity index (χ1) is 7.27. The highest BCUT2D eigenvalue weighted by atomic mass is 16.5. The van der Waals surface area contributed by atoms with E-state index >= 15 is 0 Å². The maximum absolute atomic E-state index is 7.25. The van der Waals surface area contributed by atoms with E-state index in [4.69, 9.17) is 15.9 Å². The van der Waals surface area contributed by atoms with E-state index in [1.807, 2.05) is 12.1 Å². The van der Waals surface area contributed by atoms with Gasteiger partial charge < -0.3 is 15.4 Å². The molecule has 1 aliphatic rings. The Morgan fingerprint density at radius 2 is 2.13 bits per heavy atom. The van der Waals surface area contributed by atoms with Gasteiger partial charge in [0.2, 0.25) is 0 Å². The first kappa shape index (κ1) is 9.92. The smallest absolute Gasteiger partial charge is 0.128 e. The third-order valence-electron chi connectivity index (χ3n) is 2.39. The lowest BCUT2D eigenvalue weighted by Crippen LogP contribution is -2.36. The van der Waals surface area contributed by atoms with Crippen molar-refractivity contribution in [2.75, 3.05) is 31.2 Å². The molecule has 0 radical (unpaired) electrons. The number of nitrogen functional groups attached to an aromatic ring is 1. The summed E-state index contributed by atoms with van der Waals surface area (Å²) in [6, 6.07) is 3.71. The first-order valence-electron chi connectivity index (χ1n) is 4.90. The van der Waals surface area contributed by atoms with Crippen molar-refractivity contribution in [3.8, 4) is 0 Å². The fourth-order valence-electron chi connectivity index (χ4n) is 1.52. The van der Waals surface area contributed by atoms with E-state index < -0.39 is 0 Å². The van der Waals surface area contributed by atoms with E-state index in [-0.39, 0.29) is 5.84 Å². The molecule has 80 valence electrons. The number of amidine groups is 1. The van der Waals surface area contributed by atoms with Crippen LogP contribution < -0.4 is 10.6 Å². The third-order valence-corrected chi connectivity index (χ3v) is 2.39. The fourth-order valence-corrected chi connectivity index (χ4v) is 1.52. The molecule has 1 fully saturated rings. The van der Waals surface area contributed by atoms with Gasteiger partial charge in [0.15, 0.2) is 0 Å². The third kappa shape index (κ3) is 2.24. The second-order valence-electron chi connectivity index (χ2n) is 3.42. The molecule has 0 aliphatic carbocycles. The minimum absolute atomic E-state index is 0.0519. The monoisotopic (exact) mass is 206 g/mol. The van der Waals surface area contributed by atoms with Crippen LogP contribution in [0.3, 0.4) is 0 Å². The standard InChI is InChI=1S/C10H14N4O/c11-10(12)8-1-2-9(13-7-8)14-3-5-15-6-4-14/h1-2,7H,3-6H2,(H3,11,12). The lowest BCUT2D eigenvalue weighted by molar-refractivity contribution is 0.122. The quantitative estimate of drug-likeness (QED) is 0.535. The number of rotatable bonds is 2. The van der Waals surface area contributed by atoms with Crippen LogP contribution in [-0.2, 0) is 4.74 Å². The van der Waals surface area contributed by atoms with Crippen molar-refractivity contribution in [3.05, 3.63) is 23.9 Å². The molecule has 1 aliphatic heterocycles. The number of morpholine rings is 1. The van der Waals surface area contributed by atoms with E-state index in [1.165, 1.54) is 0 Å². The van der Waals surface area contributed by atoms with Crippen molar-refractivity contribution in [3.63, 3.8) is 0 Å². The molecule has 1 aromatic rings. The number of hydrogen-bond donors (Lipinski definition) is 2. The Morgan fingerprint density at radius 3 is 2.67 bits per heavy atom. The fraction of sp³-hybridized carbons (Fsp3) is 0.400. The van der Waals surface area contributed by atoms with Crippen LogP contribution in [0, 0.1) is 5.41 Å². The molecule has 1 aromatic heterocycles. The van der Waals surface area contributed by atoms with E-state index in [0.29, 0.717) is 5.56 Å². The maximum atomic E-state index is 7.25. The number of aromatic nitrogens is 1. The number of nitrogens with zero attached hydrogens (tertiary/aromatic N) is 2. The maximum Gasteiger partial charge on any atom is 0.128 e. The molecular formula is C10H14N4O. The Balaban J connectivity index is 2.11. The summed E-state index contributed by atoms with van der Waals surface area (Å²) in [5.41, 5.74) is 6.01. The summed E-state index contributed by atoms with van der Waals surface area (Å²) in [5.74, 6) is 0.972. The normalized spacial score (nSPS) is 16.4. The van der Waals surface area contributed by atoms with Crippen LogP contribution in [0.2, 0.25) is 0 Å². The molecule has 0 unspecified atom stereocenters. The Kier molecular flexibility index (Phi) is 2.82. The number of hydrogen-bond acceptors (Lipinski definition) is 4. The van der Waals surface area contributed by atoms with Crippen LogP contribution in [0.15, 0.2) is 18.3 Å². The summed E-state index contributed by atoms with van der Waals surface area (Å²) in [4.78, 5) is 6.43. The van der Waals surface area contributed by atoms with Gasteiger partial charge in [-0.15, -0.1) is 0 Å². The van der Waals surface area contributed by atoms with E-state index in [0.717, 1.165) is 32.1 Å². The van der Waals surface area contributed by atoms with Gasteiger partial charge in [-0.1, -0.05) is 0 Å². The lowest BCUT2D eigenvalue weighted by Gasteiger charge is -2.27. The van der Waals surface area contributed by atoms with Gasteiger partial charge in [0.25, 0.3) is 0 Å². The van der Waals surface area contributed by atoms with Crippen LogP contribution in [-0.4, -0.2) is 37.1 Å². The molecule has 2 heterocycles. The molecule has 0 spiro atoms. The largest absolute Gasteiger partial charge is 0.384 e. The van der Waals surface area contributed by atoms with Crippen LogP contribution in [0.5, 0.6) is 0 Å². The Hall–Kier alpha value is -1.62. The van der Waals surface area contributed by atoms with Gasteiger partial charge in [0.05, 0.1) is 13.2 Å². The van der Waals surface area contributed by atoms with Crippen LogP contribution in [0.25, 0.3) is 0 Å². The van der Waals surface area contributed by atoms with Crippen LogP contribution in [0.4, 0.5) is 5.82 Å². The molecule has 5 heteroatoms. The minimum Gasteiger partial charge on any atom is -0.384 e. The molecule has 0 bridgehead atoms. The summed E-state index contributed by atoms with van der Waals surface area (Å²) in [6.07, 6.45) is 1.63. The SMILES string of the molecule is N=C(N)c1ccc(N2CCOCC2)nc1. The average molecular weight is 206 g/mol. The number of anilines is 1. The first-order valence-corrected chi connectivity index (χ1v) is 4.90. The van der Waals surface area contributed by atoms with Gasteiger partial charge >= 0.3 is 0 Å². The minimum atomic E-state index is 0.0519. The van der Waals surface area contributed by atoms with Gasteiger partial charge in [-0.25, -0.2) is 4.98 Å². The molecule has 0 aromatic carbocycles. The predicted molar refractivity (Wildman–Crippen MR) is 58.3 cm³/mol. The van der Waals surface area contributed by atoms with Crippen molar-refractivity contribution in [1.82, 2.24) is 4.98 Å². The Labute approximate surface area is 88.4 Å². The Morgan fingerprint density at radius 1 is 1.40 bits per heavy atom. The summed E-state index contributed by atoms with van der Waals surface area (Å²) in [7, 11) is 0. The van der Waals surface area contributed by atoms with Crippen molar-refractivity contribution >= 4 is 11.7 Å². The Bertz CT molecular complexity index is 343. The van der Waals surface area contributed by atoms with Gasteiger partial charge in [0, 0.05) is 24.8 Å². The number of nitrogens with one attached hydrogen (secondary N) is 1. The number of nitrogens with two attached hydrogens (primary N) is 1. The second-order valence-corrected chi connectivity index (χ2v) is 3.42. The van der Waals surface area contributed by atoms with Gasteiger partial charge in [-0.2, -0.15) is 0 Å². The highest BCUT2D eigenvalue weighted by Crippen LogP contribution is 2.12. The van der Waals surface area contributed by atoms with E-state index in [1.54, 1.807) is 6.20 Å². The summed E-state index contributed by atoms with van der Waals surface area (Å²) >= 11 is 0. The zero-order valence-corrected chi connectivity index (χ0v) is 8.44. The topological polar surface area (TPSA) is 75.2 Å². The molecule has 0 saturated carbocycles. The molecule has 2 rings (SSSR count). The second kappa shape index (κ2) is 4.27. The van der Waals surface area contributed by atoms with E-state index in [9.17, 15) is 0 Å². The highest BCUT2D eigenvalue weighted by Gasteiger charge is 2.11. The van der Waals surface area contributed by atoms with Gasteiger partial charge in [-0.3, -0.25) is 5.41 Å². The van der Waals surface area contributed by atoms with Crippen molar-refractivity contribution in [2.45, 2.75) is 0 Å². The molecule has 5 nitrogen and oxygen atoms in total. The van der Waals surface area contributed by atoms with Crippen LogP contribution >= 0.6 is 0 Å². The zero-order valence-electron chi connectivity index (χ0n) is 8.44. The van der Waals surface area contributed by atoms with Gasteiger partial charge in [-0.05, 0) is 12.1 Å². The lowest BCUT2D eigenvalue weighted by atomic mass is 10.2. The molecular weight excluding hydrogens is 192 g/mol. The van der Waals surface area contributed by atoms with E-state index in [2.05, 4.69) is 9.88 Å². The number of pyridine rings is 1. The average Bonchev–Trinajstić information content (AvgIpc) is 2.30. The highest BCUT2D eigenvalue weighted by molar-refractivity contribution is 5.94. The van der Waals surface area contributed by atoms with Crippen molar-refractivity contribution < 1.29 is 4.74 Å². The molecule has 1 saturated heterocycles. The van der Waals surface area contributed by atoms with Crippen molar-refractivity contribution in [2.24, 2.45) is 5.73 Å². The summed E-state index contributed by atoms with van der Waals surface area (Å²) in [6.45, 7) is 3.23. The molecule has 15 heavy (non-hydrogen) atoms. The molecule has 0 atom stereocenters. The van der Waals surface area contributed by atoms with Gasteiger partial charge in [0.1, 0.15) is 11.7 Å². The summed E-state index contributed by atoms with van der Waals surface area (Å²) in [5, 5.41) is 7.25.